The molecule has 2 fully saturated rings. The number of aliphatic hydroxyl groups is 1. The third-order valence-corrected chi connectivity index (χ3v) is 4.33. The van der Waals surface area contributed by atoms with Gasteiger partial charge < -0.3 is 15.3 Å². The number of nitrogens with zero attached hydrogens (tertiary/aromatic N) is 1. The van der Waals surface area contributed by atoms with Crippen LogP contribution in [0.3, 0.4) is 0 Å². The van der Waals surface area contributed by atoms with Crippen molar-refractivity contribution in [2.45, 2.75) is 31.9 Å². The van der Waals surface area contributed by atoms with E-state index in [-0.39, 0.29) is 49.8 Å². The quantitative estimate of drug-likeness (QED) is 0.802. The number of rotatable bonds is 4. The van der Waals surface area contributed by atoms with E-state index in [0.29, 0.717) is 6.54 Å². The van der Waals surface area contributed by atoms with Gasteiger partial charge in [0.15, 0.2) is 0 Å². The van der Waals surface area contributed by atoms with Crippen LogP contribution in [-0.2, 0) is 9.59 Å². The molecule has 0 unspecified atom stereocenters. The van der Waals surface area contributed by atoms with Crippen molar-refractivity contribution in [3.63, 3.8) is 0 Å². The van der Waals surface area contributed by atoms with Crippen molar-refractivity contribution in [1.29, 1.82) is 0 Å². The van der Waals surface area contributed by atoms with Crippen LogP contribution in [0.4, 0.5) is 13.2 Å². The molecule has 5 nitrogen and oxygen atoms in total. The molecule has 0 bridgehead atoms. The molecule has 2 rings (SSSR count). The average molecular weight is 308 g/mol. The Balaban J connectivity index is 1.76. The van der Waals surface area contributed by atoms with Crippen molar-refractivity contribution < 1.29 is 27.9 Å². The molecule has 1 aliphatic heterocycles. The van der Waals surface area contributed by atoms with Crippen molar-refractivity contribution >= 4 is 11.8 Å². The number of alkyl halides is 3. The molecule has 0 spiro atoms. The molecule has 0 aromatic carbocycles. The Morgan fingerprint density at radius 3 is 2.24 bits per heavy atom. The zero-order valence-corrected chi connectivity index (χ0v) is 11.6. The molecule has 21 heavy (non-hydrogen) atoms. The van der Waals surface area contributed by atoms with E-state index < -0.39 is 12.1 Å². The fourth-order valence-corrected chi connectivity index (χ4v) is 2.51. The average Bonchev–Trinajstić information content (AvgIpc) is 3.24. The number of piperidine rings is 1. The zero-order chi connectivity index (χ0) is 15.7. The fourth-order valence-electron chi connectivity index (χ4n) is 2.51. The van der Waals surface area contributed by atoms with Crippen LogP contribution in [0.15, 0.2) is 0 Å². The molecule has 1 saturated carbocycles. The van der Waals surface area contributed by atoms with E-state index in [2.05, 4.69) is 5.32 Å². The lowest BCUT2D eigenvalue weighted by molar-refractivity contribution is -0.186. The number of carbonyl (C=O) groups excluding carboxylic acids is 2. The number of hydrogen-bond acceptors (Lipinski definition) is 3. The molecule has 2 N–H and O–H groups in total. The van der Waals surface area contributed by atoms with Crippen LogP contribution >= 0.6 is 0 Å². The van der Waals surface area contributed by atoms with E-state index in [4.69, 9.17) is 5.11 Å². The van der Waals surface area contributed by atoms with E-state index in [1.54, 1.807) is 0 Å². The number of hydrogen-bond donors (Lipinski definition) is 2. The predicted molar refractivity (Wildman–Crippen MR) is 67.1 cm³/mol. The van der Waals surface area contributed by atoms with Crippen LogP contribution < -0.4 is 5.32 Å². The minimum absolute atomic E-state index is 0.0335. The summed E-state index contributed by atoms with van der Waals surface area (Å²) in [6, 6.07) is 0. The highest BCUT2D eigenvalue weighted by atomic mass is 19.4. The number of likely N-dealkylation sites (tertiary alicyclic amines) is 1. The monoisotopic (exact) mass is 308 g/mol. The lowest BCUT2D eigenvalue weighted by Crippen LogP contribution is -2.48. The first-order chi connectivity index (χ1) is 9.77. The second-order valence-corrected chi connectivity index (χ2v) is 5.94. The van der Waals surface area contributed by atoms with Gasteiger partial charge in [-0.2, -0.15) is 13.2 Å². The maximum Gasteiger partial charge on any atom is 0.471 e. The van der Waals surface area contributed by atoms with Crippen molar-refractivity contribution in [2.75, 3.05) is 26.2 Å². The van der Waals surface area contributed by atoms with Crippen molar-refractivity contribution in [3.05, 3.63) is 0 Å². The van der Waals surface area contributed by atoms with Gasteiger partial charge in [0.05, 0.1) is 6.61 Å². The summed E-state index contributed by atoms with van der Waals surface area (Å²) in [4.78, 5) is 23.8. The van der Waals surface area contributed by atoms with E-state index in [1.807, 2.05) is 0 Å². The summed E-state index contributed by atoms with van der Waals surface area (Å²) < 4.78 is 36.9. The molecular formula is C13H19F3N2O3. The van der Waals surface area contributed by atoms with Crippen LogP contribution in [0.25, 0.3) is 0 Å². The molecule has 120 valence electrons. The normalized spacial score (nSPS) is 22.0. The highest BCUT2D eigenvalue weighted by molar-refractivity contribution is 5.83. The van der Waals surface area contributed by atoms with Gasteiger partial charge in [-0.05, 0) is 25.7 Å². The molecule has 1 saturated heterocycles. The van der Waals surface area contributed by atoms with Crippen LogP contribution in [0.2, 0.25) is 0 Å². The smallest absolute Gasteiger partial charge is 0.396 e. The first-order valence-electron chi connectivity index (χ1n) is 7.02. The van der Waals surface area contributed by atoms with E-state index in [9.17, 15) is 22.8 Å². The van der Waals surface area contributed by atoms with Crippen LogP contribution in [0.5, 0.6) is 0 Å². The third-order valence-electron chi connectivity index (χ3n) is 4.33. The lowest BCUT2D eigenvalue weighted by Gasteiger charge is -2.31. The highest BCUT2D eigenvalue weighted by Crippen LogP contribution is 2.44. The lowest BCUT2D eigenvalue weighted by atomic mass is 9.95. The Bertz CT molecular complexity index is 413. The number of carbonyl (C=O) groups is 2. The summed E-state index contributed by atoms with van der Waals surface area (Å²) in [5, 5.41) is 11.9. The Morgan fingerprint density at radius 2 is 1.81 bits per heavy atom. The highest BCUT2D eigenvalue weighted by Gasteiger charge is 2.44. The summed E-state index contributed by atoms with van der Waals surface area (Å²) in [6.45, 7) is 0.332. The zero-order valence-electron chi connectivity index (χ0n) is 11.6. The van der Waals surface area contributed by atoms with Gasteiger partial charge in [0.25, 0.3) is 0 Å². The van der Waals surface area contributed by atoms with Gasteiger partial charge in [-0.25, -0.2) is 0 Å². The molecular weight excluding hydrogens is 289 g/mol. The van der Waals surface area contributed by atoms with Gasteiger partial charge in [0.2, 0.25) is 5.91 Å². The van der Waals surface area contributed by atoms with Gasteiger partial charge in [-0.15, -0.1) is 0 Å². The molecule has 0 atom stereocenters. The van der Waals surface area contributed by atoms with Crippen molar-refractivity contribution in [3.8, 4) is 0 Å². The molecule has 0 radical (unpaired) electrons. The molecule has 0 aromatic heterocycles. The second kappa shape index (κ2) is 5.82. The van der Waals surface area contributed by atoms with Gasteiger partial charge in [0.1, 0.15) is 0 Å². The fraction of sp³-hybridized carbons (Fsp3) is 0.846. The van der Waals surface area contributed by atoms with E-state index in [0.717, 1.165) is 17.7 Å². The first kappa shape index (κ1) is 16.1. The Kier molecular flexibility index (Phi) is 4.46. The van der Waals surface area contributed by atoms with Crippen molar-refractivity contribution in [1.82, 2.24) is 10.2 Å². The molecule has 0 aromatic rings. The Hall–Kier alpha value is -1.31. The number of amides is 2. The SMILES string of the molecule is O=C(NCC1(CO)CC1)C1CCN(C(=O)C(F)(F)F)CC1. The molecule has 2 aliphatic rings. The summed E-state index contributed by atoms with van der Waals surface area (Å²) in [7, 11) is 0. The van der Waals surface area contributed by atoms with E-state index in [1.165, 1.54) is 0 Å². The summed E-state index contributed by atoms with van der Waals surface area (Å²) in [6.07, 6.45) is -2.63. The topological polar surface area (TPSA) is 69.6 Å². The maximum atomic E-state index is 12.3. The third kappa shape index (κ3) is 3.87. The number of halogens is 3. The van der Waals surface area contributed by atoms with E-state index >= 15 is 0 Å². The van der Waals surface area contributed by atoms with Crippen LogP contribution in [0, 0.1) is 11.3 Å². The summed E-state index contributed by atoms with van der Waals surface area (Å²) in [5.74, 6) is -2.40. The minimum Gasteiger partial charge on any atom is -0.396 e. The molecule has 1 aliphatic carbocycles. The number of aliphatic hydroxyl groups excluding tert-OH is 1. The van der Waals surface area contributed by atoms with Crippen LogP contribution in [0.1, 0.15) is 25.7 Å². The first-order valence-corrected chi connectivity index (χ1v) is 7.02. The second-order valence-electron chi connectivity index (χ2n) is 5.94. The maximum absolute atomic E-state index is 12.3. The number of nitrogens with one attached hydrogen (secondary N) is 1. The van der Waals surface area contributed by atoms with Gasteiger partial charge in [-0.3, -0.25) is 9.59 Å². The summed E-state index contributed by atoms with van der Waals surface area (Å²) >= 11 is 0. The van der Waals surface area contributed by atoms with Crippen molar-refractivity contribution in [2.24, 2.45) is 11.3 Å². The largest absolute Gasteiger partial charge is 0.471 e. The standard InChI is InChI=1S/C13H19F3N2O3/c14-13(15,16)11(21)18-5-1-9(2-6-18)10(20)17-7-12(8-19)3-4-12/h9,19H,1-8H2,(H,17,20). The molecule has 2 amide bonds. The Morgan fingerprint density at radius 1 is 1.24 bits per heavy atom. The predicted octanol–water partition coefficient (Wildman–Crippen LogP) is 0.676. The van der Waals surface area contributed by atoms with Gasteiger partial charge in [-0.1, -0.05) is 0 Å². The van der Waals surface area contributed by atoms with Gasteiger partial charge >= 0.3 is 12.1 Å². The van der Waals surface area contributed by atoms with Crippen LogP contribution in [-0.4, -0.2) is 54.2 Å². The molecule has 1 heterocycles. The Labute approximate surface area is 120 Å². The molecule has 8 heteroatoms. The summed E-state index contributed by atoms with van der Waals surface area (Å²) in [5.41, 5.74) is -0.192. The minimum atomic E-state index is -4.85. The van der Waals surface area contributed by atoms with Gasteiger partial charge in [0, 0.05) is 31.0 Å².